The zero-order valence-electron chi connectivity index (χ0n) is 11.8. The monoisotopic (exact) mass is 279 g/mol. The van der Waals surface area contributed by atoms with Gasteiger partial charge in [-0.3, -0.25) is 0 Å². The highest BCUT2D eigenvalue weighted by Crippen LogP contribution is 2.32. The van der Waals surface area contributed by atoms with Crippen LogP contribution in [-0.4, -0.2) is 17.6 Å². The van der Waals surface area contributed by atoms with E-state index in [2.05, 4.69) is 6.07 Å². The number of thioether (sulfide) groups is 1. The Kier molecular flexibility index (Phi) is 6.05. The molecule has 0 aliphatic heterocycles. The first-order valence-electron chi connectivity index (χ1n) is 7.40. The molecule has 1 aliphatic rings. The maximum Gasteiger partial charge on any atom is 0.124 e. The predicted octanol–water partition coefficient (Wildman–Crippen LogP) is 4.15. The highest BCUT2D eigenvalue weighted by molar-refractivity contribution is 7.99. The average molecular weight is 279 g/mol. The summed E-state index contributed by atoms with van der Waals surface area (Å²) in [5, 5.41) is 0.819. The Balaban J connectivity index is 1.89. The van der Waals surface area contributed by atoms with Crippen LogP contribution in [0.2, 0.25) is 0 Å². The zero-order valence-corrected chi connectivity index (χ0v) is 12.6. The first-order valence-corrected chi connectivity index (χ1v) is 8.45. The van der Waals surface area contributed by atoms with E-state index in [1.54, 1.807) is 0 Å². The van der Waals surface area contributed by atoms with Crippen molar-refractivity contribution >= 4 is 11.8 Å². The van der Waals surface area contributed by atoms with Crippen molar-refractivity contribution in [1.82, 2.24) is 0 Å². The fourth-order valence-corrected chi connectivity index (χ4v) is 3.96. The maximum atomic E-state index is 6.34. The van der Waals surface area contributed by atoms with Gasteiger partial charge in [0.1, 0.15) is 5.75 Å². The van der Waals surface area contributed by atoms with Crippen molar-refractivity contribution in [1.29, 1.82) is 0 Å². The summed E-state index contributed by atoms with van der Waals surface area (Å²) in [6.45, 7) is 2.71. The van der Waals surface area contributed by atoms with Crippen LogP contribution in [0.1, 0.15) is 50.6 Å². The zero-order chi connectivity index (χ0) is 13.5. The van der Waals surface area contributed by atoms with Gasteiger partial charge in [-0.2, -0.15) is 11.8 Å². The minimum Gasteiger partial charge on any atom is -0.494 e. The Morgan fingerprint density at radius 1 is 1.26 bits per heavy atom. The molecule has 3 heteroatoms. The van der Waals surface area contributed by atoms with Gasteiger partial charge in [-0.15, -0.1) is 0 Å². The van der Waals surface area contributed by atoms with Gasteiger partial charge in [-0.25, -0.2) is 0 Å². The minimum atomic E-state index is 0.0784. The maximum absolute atomic E-state index is 6.34. The molecule has 1 fully saturated rings. The van der Waals surface area contributed by atoms with E-state index >= 15 is 0 Å². The van der Waals surface area contributed by atoms with Crippen LogP contribution in [0.3, 0.4) is 0 Å². The summed E-state index contributed by atoms with van der Waals surface area (Å²) in [4.78, 5) is 0. The number of benzene rings is 1. The van der Waals surface area contributed by atoms with E-state index in [1.165, 1.54) is 32.1 Å². The van der Waals surface area contributed by atoms with Gasteiger partial charge in [0.2, 0.25) is 0 Å². The molecule has 0 radical (unpaired) electrons. The molecule has 19 heavy (non-hydrogen) atoms. The summed E-state index contributed by atoms with van der Waals surface area (Å²) >= 11 is 2.05. The first kappa shape index (κ1) is 14.7. The largest absolute Gasteiger partial charge is 0.494 e. The number of ether oxygens (including phenoxy) is 1. The van der Waals surface area contributed by atoms with E-state index in [0.717, 1.165) is 22.3 Å². The van der Waals surface area contributed by atoms with Crippen LogP contribution >= 0.6 is 11.8 Å². The molecule has 1 aromatic carbocycles. The summed E-state index contributed by atoms with van der Waals surface area (Å²) in [5.41, 5.74) is 7.49. The molecular weight excluding hydrogens is 254 g/mol. The smallest absolute Gasteiger partial charge is 0.124 e. The molecule has 2 nitrogen and oxygen atoms in total. The van der Waals surface area contributed by atoms with Crippen LogP contribution in [0.4, 0.5) is 0 Å². The first-order chi connectivity index (χ1) is 9.31. The molecule has 106 valence electrons. The number of hydrogen-bond donors (Lipinski definition) is 1. The van der Waals surface area contributed by atoms with E-state index in [9.17, 15) is 0 Å². The number of para-hydroxylation sites is 1. The van der Waals surface area contributed by atoms with Crippen molar-refractivity contribution in [3.63, 3.8) is 0 Å². The van der Waals surface area contributed by atoms with E-state index in [4.69, 9.17) is 10.5 Å². The molecule has 1 aliphatic carbocycles. The van der Waals surface area contributed by atoms with Crippen molar-refractivity contribution in [2.24, 2.45) is 5.73 Å². The van der Waals surface area contributed by atoms with Crippen LogP contribution < -0.4 is 10.5 Å². The average Bonchev–Trinajstić information content (AvgIpc) is 2.47. The third kappa shape index (κ3) is 4.43. The van der Waals surface area contributed by atoms with E-state index < -0.39 is 0 Å². The van der Waals surface area contributed by atoms with Gasteiger partial charge in [0.25, 0.3) is 0 Å². The van der Waals surface area contributed by atoms with Crippen molar-refractivity contribution in [3.05, 3.63) is 29.8 Å². The Morgan fingerprint density at radius 3 is 2.74 bits per heavy atom. The molecule has 2 rings (SSSR count). The summed E-state index contributed by atoms with van der Waals surface area (Å²) in [6, 6.07) is 8.24. The standard InChI is InChI=1S/C16H25NOS/c1-2-18-16-11-7-6-10-14(16)15(17)12-19-13-8-4-3-5-9-13/h6-7,10-11,13,15H,2-5,8-9,12,17H2,1H3. The Hall–Kier alpha value is -0.670. The Morgan fingerprint density at radius 2 is 2.00 bits per heavy atom. The molecule has 0 spiro atoms. The summed E-state index contributed by atoms with van der Waals surface area (Å²) in [5.74, 6) is 1.94. The third-order valence-corrected chi connectivity index (χ3v) is 5.18. The van der Waals surface area contributed by atoms with Crippen LogP contribution in [0.15, 0.2) is 24.3 Å². The second-order valence-corrected chi connectivity index (χ2v) is 6.50. The Bertz CT molecular complexity index is 377. The van der Waals surface area contributed by atoms with Gasteiger partial charge < -0.3 is 10.5 Å². The van der Waals surface area contributed by atoms with Crippen molar-refractivity contribution in [2.45, 2.75) is 50.3 Å². The molecule has 0 amide bonds. The van der Waals surface area contributed by atoms with Crippen LogP contribution in [0.5, 0.6) is 5.75 Å². The quantitative estimate of drug-likeness (QED) is 0.849. The lowest BCUT2D eigenvalue weighted by Gasteiger charge is -2.23. The highest BCUT2D eigenvalue weighted by Gasteiger charge is 2.17. The molecule has 2 N–H and O–H groups in total. The van der Waals surface area contributed by atoms with Crippen molar-refractivity contribution in [3.8, 4) is 5.75 Å². The van der Waals surface area contributed by atoms with E-state index in [0.29, 0.717) is 6.61 Å². The topological polar surface area (TPSA) is 35.2 Å². The molecule has 1 saturated carbocycles. The molecule has 0 bridgehead atoms. The normalized spacial score (nSPS) is 18.2. The fraction of sp³-hybridized carbons (Fsp3) is 0.625. The lowest BCUT2D eigenvalue weighted by Crippen LogP contribution is -2.18. The lowest BCUT2D eigenvalue weighted by atomic mass is 10.0. The lowest BCUT2D eigenvalue weighted by molar-refractivity contribution is 0.335. The molecule has 0 saturated heterocycles. The van der Waals surface area contributed by atoms with Crippen LogP contribution in [0, 0.1) is 0 Å². The Labute approximate surface area is 121 Å². The molecule has 1 unspecified atom stereocenters. The van der Waals surface area contributed by atoms with Gasteiger partial charge in [0.15, 0.2) is 0 Å². The number of hydrogen-bond acceptors (Lipinski definition) is 3. The summed E-state index contributed by atoms with van der Waals surface area (Å²) in [7, 11) is 0. The summed E-state index contributed by atoms with van der Waals surface area (Å²) in [6.07, 6.45) is 6.93. The van der Waals surface area contributed by atoms with Crippen molar-refractivity contribution < 1.29 is 4.74 Å². The van der Waals surface area contributed by atoms with Gasteiger partial charge >= 0.3 is 0 Å². The summed E-state index contributed by atoms with van der Waals surface area (Å²) < 4.78 is 5.66. The molecule has 0 heterocycles. The van der Waals surface area contributed by atoms with Crippen molar-refractivity contribution in [2.75, 3.05) is 12.4 Å². The molecule has 1 aromatic rings. The highest BCUT2D eigenvalue weighted by atomic mass is 32.2. The molecular formula is C16H25NOS. The van der Waals surface area contributed by atoms with E-state index in [1.807, 2.05) is 36.9 Å². The molecule has 0 aromatic heterocycles. The molecule has 1 atom stereocenters. The van der Waals surface area contributed by atoms with Crippen LogP contribution in [0.25, 0.3) is 0 Å². The third-order valence-electron chi connectivity index (χ3n) is 3.68. The van der Waals surface area contributed by atoms with Gasteiger partial charge in [0.05, 0.1) is 6.61 Å². The van der Waals surface area contributed by atoms with Gasteiger partial charge in [0, 0.05) is 22.6 Å². The number of nitrogens with two attached hydrogens (primary N) is 1. The van der Waals surface area contributed by atoms with Gasteiger partial charge in [-0.1, -0.05) is 37.5 Å². The van der Waals surface area contributed by atoms with Gasteiger partial charge in [-0.05, 0) is 25.8 Å². The SMILES string of the molecule is CCOc1ccccc1C(N)CSC1CCCCC1. The predicted molar refractivity (Wildman–Crippen MR) is 83.9 cm³/mol. The van der Waals surface area contributed by atoms with E-state index in [-0.39, 0.29) is 6.04 Å². The van der Waals surface area contributed by atoms with Crippen LogP contribution in [-0.2, 0) is 0 Å². The minimum absolute atomic E-state index is 0.0784. The number of rotatable bonds is 6. The second kappa shape index (κ2) is 7.81. The fourth-order valence-electron chi connectivity index (χ4n) is 2.64. The second-order valence-electron chi connectivity index (χ2n) is 5.17.